The molecule has 1 aliphatic heterocycles. The second kappa shape index (κ2) is 9.22. The molecule has 0 radical (unpaired) electrons. The molecule has 2 aromatic heterocycles. The highest BCUT2D eigenvalue weighted by molar-refractivity contribution is 5.95. The fraction of sp³-hybridized carbons (Fsp3) is 0.375. The molecule has 1 aromatic carbocycles. The van der Waals surface area contributed by atoms with Crippen LogP contribution in [-0.2, 0) is 4.74 Å². The number of rotatable bonds is 6. The summed E-state index contributed by atoms with van der Waals surface area (Å²) in [5.41, 5.74) is 4.51. The number of amides is 1. The minimum absolute atomic E-state index is 0.0611. The van der Waals surface area contributed by atoms with Gasteiger partial charge in [0.25, 0.3) is 5.91 Å². The van der Waals surface area contributed by atoms with Gasteiger partial charge in [0.15, 0.2) is 0 Å². The van der Waals surface area contributed by atoms with E-state index in [1.165, 1.54) is 0 Å². The van der Waals surface area contributed by atoms with Crippen molar-refractivity contribution in [3.63, 3.8) is 0 Å². The van der Waals surface area contributed by atoms with Crippen molar-refractivity contribution in [2.24, 2.45) is 0 Å². The fourth-order valence-corrected chi connectivity index (χ4v) is 3.87. The topological polar surface area (TPSA) is 67.4 Å². The molecule has 0 saturated carbocycles. The molecular weight excluding hydrogens is 376 g/mol. The highest BCUT2D eigenvalue weighted by Gasteiger charge is 2.17. The molecule has 1 N–H and O–H groups in total. The number of hydrogen-bond donors (Lipinski definition) is 1. The number of hydrogen-bond acceptors (Lipinski definition) is 5. The molecule has 1 aliphatic rings. The Bertz CT molecular complexity index is 1010. The number of fused-ring (bicyclic) bond motifs is 1. The van der Waals surface area contributed by atoms with E-state index in [9.17, 15) is 4.79 Å². The first-order valence-electron chi connectivity index (χ1n) is 10.7. The monoisotopic (exact) mass is 404 g/mol. The summed E-state index contributed by atoms with van der Waals surface area (Å²) in [4.78, 5) is 23.5. The van der Waals surface area contributed by atoms with Crippen molar-refractivity contribution in [2.75, 3.05) is 31.6 Å². The highest BCUT2D eigenvalue weighted by atomic mass is 16.5. The summed E-state index contributed by atoms with van der Waals surface area (Å²) >= 11 is 0. The van der Waals surface area contributed by atoms with Crippen molar-refractivity contribution >= 4 is 22.5 Å². The molecular formula is C24H28N4O2. The molecule has 6 nitrogen and oxygen atoms in total. The summed E-state index contributed by atoms with van der Waals surface area (Å²) in [6.45, 7) is 6.98. The first-order chi connectivity index (χ1) is 14.7. The third-order valence-corrected chi connectivity index (χ3v) is 5.67. The maximum atomic E-state index is 12.6. The molecule has 3 heterocycles. The molecule has 30 heavy (non-hydrogen) atoms. The van der Waals surface area contributed by atoms with Gasteiger partial charge in [-0.2, -0.15) is 0 Å². The van der Waals surface area contributed by atoms with Crippen LogP contribution in [0, 0.1) is 0 Å². The number of nitrogens with zero attached hydrogens (tertiary/aromatic N) is 3. The molecule has 6 heteroatoms. The van der Waals surface area contributed by atoms with E-state index in [1.807, 2.05) is 55.3 Å². The van der Waals surface area contributed by atoms with Crippen LogP contribution in [-0.4, -0.2) is 53.1 Å². The third-order valence-electron chi connectivity index (χ3n) is 5.67. The second-order valence-corrected chi connectivity index (χ2v) is 7.53. The number of carbonyl (C=O) groups is 1. The minimum Gasteiger partial charge on any atom is -0.381 e. The summed E-state index contributed by atoms with van der Waals surface area (Å²) < 4.78 is 5.49. The molecule has 4 rings (SSSR count). The molecule has 0 spiro atoms. The van der Waals surface area contributed by atoms with Gasteiger partial charge < -0.3 is 15.0 Å². The average Bonchev–Trinajstić information content (AvgIpc) is 2.80. The molecule has 3 aromatic rings. The van der Waals surface area contributed by atoms with Gasteiger partial charge in [-0.3, -0.25) is 9.78 Å². The first kappa shape index (κ1) is 20.3. The quantitative estimate of drug-likeness (QED) is 0.661. The maximum Gasteiger partial charge on any atom is 0.253 e. The predicted molar refractivity (Wildman–Crippen MR) is 120 cm³/mol. The zero-order valence-electron chi connectivity index (χ0n) is 17.6. The standard InChI is InChI=1S/C24H28N4O2/c1-3-28(4-2)24(29)18-7-5-17(6-8-18)22-15-23(26-19-10-13-30-14-11-19)20-16-25-12-9-21(20)27-22/h5-9,12,15-16,19H,3-4,10-11,13-14H2,1-2H3,(H,26,27). The molecule has 0 unspecified atom stereocenters. The van der Waals surface area contributed by atoms with E-state index < -0.39 is 0 Å². The number of pyridine rings is 2. The Morgan fingerprint density at radius 2 is 1.87 bits per heavy atom. The van der Waals surface area contributed by atoms with E-state index >= 15 is 0 Å². The van der Waals surface area contributed by atoms with Gasteiger partial charge in [-0.25, -0.2) is 4.98 Å². The lowest BCUT2D eigenvalue weighted by Crippen LogP contribution is -2.30. The number of nitrogens with one attached hydrogen (secondary N) is 1. The summed E-state index contributed by atoms with van der Waals surface area (Å²) in [6.07, 6.45) is 5.60. The normalized spacial score (nSPS) is 14.6. The van der Waals surface area contributed by atoms with E-state index in [4.69, 9.17) is 9.72 Å². The Kier molecular flexibility index (Phi) is 6.23. The smallest absolute Gasteiger partial charge is 0.253 e. The number of ether oxygens (including phenoxy) is 1. The van der Waals surface area contributed by atoms with E-state index in [0.29, 0.717) is 24.7 Å². The van der Waals surface area contributed by atoms with E-state index in [2.05, 4.69) is 16.4 Å². The van der Waals surface area contributed by atoms with Crippen LogP contribution in [0.1, 0.15) is 37.0 Å². The molecule has 156 valence electrons. The molecule has 0 bridgehead atoms. The Balaban J connectivity index is 1.66. The molecule has 1 saturated heterocycles. The van der Waals surface area contributed by atoms with Crippen molar-refractivity contribution in [1.82, 2.24) is 14.9 Å². The van der Waals surface area contributed by atoms with Gasteiger partial charge in [0, 0.05) is 66.9 Å². The van der Waals surface area contributed by atoms with Crippen LogP contribution < -0.4 is 5.32 Å². The van der Waals surface area contributed by atoms with Gasteiger partial charge in [-0.1, -0.05) is 12.1 Å². The highest BCUT2D eigenvalue weighted by Crippen LogP contribution is 2.29. The molecule has 0 atom stereocenters. The summed E-state index contributed by atoms with van der Waals surface area (Å²) in [5.74, 6) is 0.0611. The molecule has 1 amide bonds. The van der Waals surface area contributed by atoms with Gasteiger partial charge in [-0.05, 0) is 51.0 Å². The molecule has 0 aliphatic carbocycles. The van der Waals surface area contributed by atoms with Crippen LogP contribution in [0.3, 0.4) is 0 Å². The number of carbonyl (C=O) groups excluding carboxylic acids is 1. The van der Waals surface area contributed by atoms with Crippen LogP contribution in [0.2, 0.25) is 0 Å². The van der Waals surface area contributed by atoms with Crippen LogP contribution in [0.5, 0.6) is 0 Å². The largest absolute Gasteiger partial charge is 0.381 e. The van der Waals surface area contributed by atoms with Crippen molar-refractivity contribution in [2.45, 2.75) is 32.7 Å². The summed E-state index contributed by atoms with van der Waals surface area (Å²) in [6, 6.07) is 12.1. The van der Waals surface area contributed by atoms with E-state index in [-0.39, 0.29) is 5.91 Å². The average molecular weight is 405 g/mol. The zero-order valence-corrected chi connectivity index (χ0v) is 17.6. The van der Waals surface area contributed by atoms with Gasteiger partial charge in [0.2, 0.25) is 0 Å². The van der Waals surface area contributed by atoms with Crippen molar-refractivity contribution in [3.8, 4) is 11.3 Å². The third kappa shape index (κ3) is 4.28. The predicted octanol–water partition coefficient (Wildman–Crippen LogP) is 4.37. The molecule has 1 fully saturated rings. The van der Waals surface area contributed by atoms with Crippen molar-refractivity contribution in [1.29, 1.82) is 0 Å². The minimum atomic E-state index is 0.0611. The fourth-order valence-electron chi connectivity index (χ4n) is 3.87. The Morgan fingerprint density at radius 1 is 1.13 bits per heavy atom. The Labute approximate surface area is 177 Å². The first-order valence-corrected chi connectivity index (χ1v) is 10.7. The van der Waals surface area contributed by atoms with Crippen LogP contribution in [0.15, 0.2) is 48.8 Å². The van der Waals surface area contributed by atoms with Crippen LogP contribution in [0.4, 0.5) is 5.69 Å². The SMILES string of the molecule is CCN(CC)C(=O)c1ccc(-c2cc(NC3CCOCC3)c3cnccc3n2)cc1. The van der Waals surface area contributed by atoms with Gasteiger partial charge in [0.1, 0.15) is 0 Å². The zero-order chi connectivity index (χ0) is 20.9. The lowest BCUT2D eigenvalue weighted by atomic mass is 10.0. The summed E-state index contributed by atoms with van der Waals surface area (Å²) in [5, 5.41) is 4.69. The second-order valence-electron chi connectivity index (χ2n) is 7.53. The van der Waals surface area contributed by atoms with Crippen LogP contribution >= 0.6 is 0 Å². The van der Waals surface area contributed by atoms with Gasteiger partial charge >= 0.3 is 0 Å². The lowest BCUT2D eigenvalue weighted by Gasteiger charge is -2.25. The van der Waals surface area contributed by atoms with Gasteiger partial charge in [0.05, 0.1) is 11.2 Å². The Hall–Kier alpha value is -2.99. The van der Waals surface area contributed by atoms with Crippen molar-refractivity contribution in [3.05, 3.63) is 54.4 Å². The number of aromatic nitrogens is 2. The van der Waals surface area contributed by atoms with Crippen molar-refractivity contribution < 1.29 is 9.53 Å². The van der Waals surface area contributed by atoms with E-state index in [0.717, 1.165) is 53.9 Å². The van der Waals surface area contributed by atoms with E-state index in [1.54, 1.807) is 6.20 Å². The Morgan fingerprint density at radius 3 is 2.57 bits per heavy atom. The van der Waals surface area contributed by atoms with Gasteiger partial charge in [-0.15, -0.1) is 0 Å². The lowest BCUT2D eigenvalue weighted by molar-refractivity contribution is 0.0773. The van der Waals surface area contributed by atoms with Crippen LogP contribution in [0.25, 0.3) is 22.2 Å². The number of anilines is 1. The summed E-state index contributed by atoms with van der Waals surface area (Å²) in [7, 11) is 0. The number of benzene rings is 1. The maximum absolute atomic E-state index is 12.6.